The van der Waals surface area contributed by atoms with Crippen molar-refractivity contribution in [1.29, 1.82) is 0 Å². The lowest BCUT2D eigenvalue weighted by atomic mass is 10.1. The predicted molar refractivity (Wildman–Crippen MR) is 187 cm³/mol. The van der Waals surface area contributed by atoms with Crippen LogP contribution in [0.4, 0.5) is 9.59 Å². The molecule has 2 aromatic rings. The van der Waals surface area contributed by atoms with Gasteiger partial charge in [-0.15, -0.1) is 0 Å². The van der Waals surface area contributed by atoms with Crippen LogP contribution in [0.1, 0.15) is 73.4 Å². The molecule has 14 heteroatoms. The van der Waals surface area contributed by atoms with Gasteiger partial charge >= 0.3 is 24.1 Å². The zero-order chi connectivity index (χ0) is 36.5. The quantitative estimate of drug-likeness (QED) is 0.269. The second-order valence-electron chi connectivity index (χ2n) is 13.9. The number of nitrogens with zero attached hydrogens (tertiary/aromatic N) is 4. The largest absolute Gasteiger partial charge is 0.478 e. The highest BCUT2D eigenvalue weighted by molar-refractivity contribution is 6.31. The summed E-state index contributed by atoms with van der Waals surface area (Å²) in [5, 5.41) is 10.2. The van der Waals surface area contributed by atoms with Crippen molar-refractivity contribution in [2.75, 3.05) is 59.5 Å². The van der Waals surface area contributed by atoms with Crippen molar-refractivity contribution in [1.82, 2.24) is 19.6 Å². The van der Waals surface area contributed by atoms with Gasteiger partial charge in [-0.25, -0.2) is 19.2 Å². The van der Waals surface area contributed by atoms with Crippen molar-refractivity contribution in [3.63, 3.8) is 0 Å². The number of hydrogen-bond acceptors (Lipinski definition) is 9. The van der Waals surface area contributed by atoms with E-state index in [0.29, 0.717) is 81.1 Å². The van der Waals surface area contributed by atoms with Gasteiger partial charge in [0.15, 0.2) is 0 Å². The maximum atomic E-state index is 12.1. The fourth-order valence-corrected chi connectivity index (χ4v) is 5.53. The molecule has 0 aromatic heterocycles. The van der Waals surface area contributed by atoms with E-state index in [9.17, 15) is 24.3 Å². The molecular weight excluding hydrogens is 675 g/mol. The molecule has 2 aliphatic rings. The number of hydrogen-bond donors (Lipinski definition) is 1. The number of amides is 2. The molecule has 0 atom stereocenters. The number of halogens is 2. The molecule has 1 N–H and O–H groups in total. The first-order chi connectivity index (χ1) is 22.8. The maximum absolute atomic E-state index is 12.1. The van der Waals surface area contributed by atoms with Crippen LogP contribution in [0.3, 0.4) is 0 Å². The molecule has 12 nitrogen and oxygen atoms in total. The summed E-state index contributed by atoms with van der Waals surface area (Å²) in [5.74, 6) is -1.38. The number of methoxy groups -OCH3 is 1. The van der Waals surface area contributed by atoms with Crippen molar-refractivity contribution in [2.45, 2.75) is 65.8 Å². The monoisotopic (exact) mass is 722 g/mol. The molecule has 2 saturated heterocycles. The van der Waals surface area contributed by atoms with Crippen LogP contribution in [0.2, 0.25) is 10.0 Å². The van der Waals surface area contributed by atoms with E-state index in [0.717, 1.165) is 11.1 Å². The van der Waals surface area contributed by atoms with Crippen LogP contribution in [-0.4, -0.2) is 120 Å². The summed E-state index contributed by atoms with van der Waals surface area (Å²) in [4.78, 5) is 55.1. The third-order valence-electron chi connectivity index (χ3n) is 7.62. The Balaban J connectivity index is 0.000000266. The normalized spacial score (nSPS) is 15.9. The van der Waals surface area contributed by atoms with E-state index in [1.165, 1.54) is 13.2 Å². The molecule has 0 unspecified atom stereocenters. The molecule has 2 fully saturated rings. The van der Waals surface area contributed by atoms with E-state index in [1.807, 2.05) is 47.6 Å². The minimum Gasteiger partial charge on any atom is -0.478 e. The Morgan fingerprint density at radius 3 is 1.37 bits per heavy atom. The highest BCUT2D eigenvalue weighted by atomic mass is 35.5. The number of ether oxygens (including phenoxy) is 3. The van der Waals surface area contributed by atoms with Crippen molar-refractivity contribution in [3.05, 3.63) is 68.7 Å². The maximum Gasteiger partial charge on any atom is 0.410 e. The van der Waals surface area contributed by atoms with Crippen LogP contribution in [-0.2, 0) is 27.3 Å². The Morgan fingerprint density at radius 2 is 1.02 bits per heavy atom. The summed E-state index contributed by atoms with van der Waals surface area (Å²) in [5.41, 5.74) is 1.28. The molecule has 2 heterocycles. The molecule has 0 radical (unpaired) electrons. The predicted octanol–water partition coefficient (Wildman–Crippen LogP) is 6.27. The minimum absolute atomic E-state index is 0.220. The van der Waals surface area contributed by atoms with E-state index >= 15 is 0 Å². The third kappa shape index (κ3) is 13.0. The summed E-state index contributed by atoms with van der Waals surface area (Å²) in [6.07, 6.45) is -0.589. The van der Waals surface area contributed by atoms with E-state index in [-0.39, 0.29) is 17.7 Å². The number of carboxylic acid groups (broad SMARTS) is 1. The molecule has 0 spiro atoms. The van der Waals surface area contributed by atoms with Crippen LogP contribution in [0.25, 0.3) is 0 Å². The second kappa shape index (κ2) is 17.4. The van der Waals surface area contributed by atoms with Crippen LogP contribution < -0.4 is 0 Å². The average Bonchev–Trinajstić information content (AvgIpc) is 3.01. The molecule has 0 aliphatic carbocycles. The van der Waals surface area contributed by atoms with Gasteiger partial charge in [0.1, 0.15) is 11.2 Å². The lowest BCUT2D eigenvalue weighted by molar-refractivity contribution is 0.0129. The lowest BCUT2D eigenvalue weighted by Gasteiger charge is -2.35. The number of benzene rings is 2. The summed E-state index contributed by atoms with van der Waals surface area (Å²) >= 11 is 11.9. The molecule has 2 aliphatic heterocycles. The Hall–Kier alpha value is -3.58. The number of esters is 1. The summed E-state index contributed by atoms with van der Waals surface area (Å²) in [6, 6.07) is 10.1. The minimum atomic E-state index is -0.986. The molecule has 2 amide bonds. The van der Waals surface area contributed by atoms with Gasteiger partial charge in [-0.3, -0.25) is 9.80 Å². The number of carbonyl (C=O) groups is 4. The number of rotatable bonds is 6. The number of aromatic carboxylic acids is 1. The van der Waals surface area contributed by atoms with Crippen LogP contribution in [0.15, 0.2) is 36.4 Å². The highest BCUT2D eigenvalue weighted by Gasteiger charge is 2.28. The zero-order valence-corrected chi connectivity index (χ0v) is 30.9. The highest BCUT2D eigenvalue weighted by Crippen LogP contribution is 2.21. The molecule has 2 aromatic carbocycles. The van der Waals surface area contributed by atoms with Crippen LogP contribution in [0, 0.1) is 0 Å². The smallest absolute Gasteiger partial charge is 0.410 e. The van der Waals surface area contributed by atoms with Gasteiger partial charge in [0, 0.05) is 75.5 Å². The van der Waals surface area contributed by atoms with Gasteiger partial charge in [0.25, 0.3) is 0 Å². The lowest BCUT2D eigenvalue weighted by Crippen LogP contribution is -2.49. The number of piperazine rings is 2. The Labute approximate surface area is 298 Å². The molecule has 49 heavy (non-hydrogen) atoms. The topological polar surface area (TPSA) is 129 Å². The van der Waals surface area contributed by atoms with Crippen molar-refractivity contribution < 1.29 is 38.5 Å². The molecule has 4 rings (SSSR count). The van der Waals surface area contributed by atoms with Gasteiger partial charge in [-0.1, -0.05) is 35.3 Å². The molecule has 0 saturated carbocycles. The van der Waals surface area contributed by atoms with Crippen molar-refractivity contribution in [3.8, 4) is 0 Å². The number of carbonyl (C=O) groups excluding carboxylic acids is 3. The van der Waals surface area contributed by atoms with Gasteiger partial charge in [0.05, 0.1) is 18.2 Å². The fraction of sp³-hybridized carbons (Fsp3) is 0.543. The first-order valence-electron chi connectivity index (χ1n) is 16.1. The standard InChI is InChI=1S/C18H25ClN2O4.C17H23ClN2O4/c1-18(2,3)25-17(23)21-9-7-20(8-10-21)12-13-5-6-14(19)11-15(13)16(22)24-4;1-17(2,3)24-16(23)20-8-6-19(7-9-20)11-12-4-5-13(18)10-14(12)15(21)22/h5-6,11H,7-10,12H2,1-4H3;4-5,10H,6-9,11H2,1-3H3,(H,21,22). The van der Waals surface area contributed by atoms with Gasteiger partial charge in [0.2, 0.25) is 0 Å². The van der Waals surface area contributed by atoms with Gasteiger partial charge in [-0.2, -0.15) is 0 Å². The van der Waals surface area contributed by atoms with E-state index < -0.39 is 23.1 Å². The number of carboxylic acids is 1. The summed E-state index contributed by atoms with van der Waals surface area (Å²) < 4.78 is 15.6. The van der Waals surface area contributed by atoms with Crippen molar-refractivity contribution in [2.24, 2.45) is 0 Å². The third-order valence-corrected chi connectivity index (χ3v) is 8.09. The second-order valence-corrected chi connectivity index (χ2v) is 14.8. The fourth-order valence-electron chi connectivity index (χ4n) is 5.18. The summed E-state index contributed by atoms with van der Waals surface area (Å²) in [7, 11) is 1.35. The van der Waals surface area contributed by atoms with Gasteiger partial charge in [-0.05, 0) is 76.9 Å². The van der Waals surface area contributed by atoms with Gasteiger partial charge < -0.3 is 29.1 Å². The summed E-state index contributed by atoms with van der Waals surface area (Å²) in [6.45, 7) is 17.3. The molecular formula is C35H48Cl2N4O8. The van der Waals surface area contributed by atoms with E-state index in [4.69, 9.17) is 37.4 Å². The van der Waals surface area contributed by atoms with Crippen molar-refractivity contribution >= 4 is 47.3 Å². The Bertz CT molecular complexity index is 1470. The van der Waals surface area contributed by atoms with Crippen LogP contribution >= 0.6 is 23.2 Å². The molecule has 270 valence electrons. The SMILES string of the molecule is CC(C)(C)OC(=O)N1CCN(Cc2ccc(Cl)cc2C(=O)O)CC1.COC(=O)c1cc(Cl)ccc1CN1CCN(C(=O)OC(C)(C)C)CC1. The van der Waals surface area contributed by atoms with E-state index in [2.05, 4.69) is 9.80 Å². The zero-order valence-electron chi connectivity index (χ0n) is 29.4. The first kappa shape index (κ1) is 39.9. The molecule has 0 bridgehead atoms. The average molecular weight is 724 g/mol. The Morgan fingerprint density at radius 1 is 0.653 bits per heavy atom. The Kier molecular flexibility index (Phi) is 14.1. The van der Waals surface area contributed by atoms with Crippen LogP contribution in [0.5, 0.6) is 0 Å². The first-order valence-corrected chi connectivity index (χ1v) is 16.9. The van der Waals surface area contributed by atoms with E-state index in [1.54, 1.807) is 34.1 Å².